The SMILES string of the molecule is CC(C)CCN(C)C(C)C(=O)N1CCC(C)CC1. The molecule has 1 aliphatic rings. The van der Waals surface area contributed by atoms with E-state index in [1.54, 1.807) is 0 Å². The standard InChI is InChI=1S/C15H30N2O/c1-12(2)6-9-16(5)14(4)15(18)17-10-7-13(3)8-11-17/h12-14H,6-11H2,1-5H3. The Kier molecular flexibility index (Phi) is 6.13. The maximum Gasteiger partial charge on any atom is 0.239 e. The second kappa shape index (κ2) is 7.13. The van der Waals surface area contributed by atoms with E-state index in [0.717, 1.165) is 44.8 Å². The quantitative estimate of drug-likeness (QED) is 0.753. The van der Waals surface area contributed by atoms with Crippen LogP contribution in [0.5, 0.6) is 0 Å². The van der Waals surface area contributed by atoms with Gasteiger partial charge in [0.05, 0.1) is 6.04 Å². The zero-order valence-corrected chi connectivity index (χ0v) is 12.8. The van der Waals surface area contributed by atoms with Crippen molar-refractivity contribution in [2.75, 3.05) is 26.7 Å². The van der Waals surface area contributed by atoms with Crippen molar-refractivity contribution < 1.29 is 4.79 Å². The lowest BCUT2D eigenvalue weighted by molar-refractivity contribution is -0.137. The zero-order chi connectivity index (χ0) is 13.7. The number of hydrogen-bond donors (Lipinski definition) is 0. The van der Waals surface area contributed by atoms with Crippen LogP contribution in [-0.4, -0.2) is 48.4 Å². The normalized spacial score (nSPS) is 19.6. The molecular weight excluding hydrogens is 224 g/mol. The van der Waals surface area contributed by atoms with E-state index in [0.29, 0.717) is 11.8 Å². The van der Waals surface area contributed by atoms with Crippen LogP contribution in [0.15, 0.2) is 0 Å². The average Bonchev–Trinajstić information content (AvgIpc) is 2.35. The van der Waals surface area contributed by atoms with E-state index in [4.69, 9.17) is 0 Å². The second-order valence-electron chi connectivity index (χ2n) is 6.35. The smallest absolute Gasteiger partial charge is 0.239 e. The number of amides is 1. The van der Waals surface area contributed by atoms with Crippen molar-refractivity contribution in [3.63, 3.8) is 0 Å². The van der Waals surface area contributed by atoms with Crippen molar-refractivity contribution in [3.8, 4) is 0 Å². The molecule has 3 heteroatoms. The Bertz CT molecular complexity index is 257. The topological polar surface area (TPSA) is 23.6 Å². The zero-order valence-electron chi connectivity index (χ0n) is 12.8. The van der Waals surface area contributed by atoms with Gasteiger partial charge >= 0.3 is 0 Å². The molecular formula is C15H30N2O. The van der Waals surface area contributed by atoms with Gasteiger partial charge in [-0.15, -0.1) is 0 Å². The summed E-state index contributed by atoms with van der Waals surface area (Å²) in [5, 5.41) is 0. The Hall–Kier alpha value is -0.570. The van der Waals surface area contributed by atoms with Gasteiger partial charge in [-0.3, -0.25) is 9.69 Å². The van der Waals surface area contributed by atoms with Crippen molar-refractivity contribution in [1.82, 2.24) is 9.80 Å². The summed E-state index contributed by atoms with van der Waals surface area (Å²) >= 11 is 0. The highest BCUT2D eigenvalue weighted by molar-refractivity contribution is 5.81. The van der Waals surface area contributed by atoms with Crippen molar-refractivity contribution in [2.24, 2.45) is 11.8 Å². The summed E-state index contributed by atoms with van der Waals surface area (Å²) in [5.74, 6) is 1.79. The van der Waals surface area contributed by atoms with Crippen LogP contribution in [0.3, 0.4) is 0 Å². The summed E-state index contributed by atoms with van der Waals surface area (Å²) in [6, 6.07) is 0.0251. The summed E-state index contributed by atoms with van der Waals surface area (Å²) in [4.78, 5) is 16.6. The lowest BCUT2D eigenvalue weighted by atomic mass is 9.98. The van der Waals surface area contributed by atoms with E-state index >= 15 is 0 Å². The van der Waals surface area contributed by atoms with Gasteiger partial charge in [-0.05, 0) is 51.6 Å². The molecule has 0 N–H and O–H groups in total. The molecule has 0 aliphatic carbocycles. The van der Waals surface area contributed by atoms with Gasteiger partial charge in [0.15, 0.2) is 0 Å². The number of carbonyl (C=O) groups excluding carboxylic acids is 1. The highest BCUT2D eigenvalue weighted by atomic mass is 16.2. The number of likely N-dealkylation sites (tertiary alicyclic amines) is 1. The first-order valence-corrected chi connectivity index (χ1v) is 7.40. The summed E-state index contributed by atoms with van der Waals surface area (Å²) in [6.45, 7) is 11.7. The molecule has 0 radical (unpaired) electrons. The van der Waals surface area contributed by atoms with Crippen LogP contribution >= 0.6 is 0 Å². The van der Waals surface area contributed by atoms with Crippen LogP contribution < -0.4 is 0 Å². The van der Waals surface area contributed by atoms with Crippen LogP contribution in [0.1, 0.15) is 47.0 Å². The van der Waals surface area contributed by atoms with Crippen molar-refractivity contribution in [2.45, 2.75) is 53.0 Å². The van der Waals surface area contributed by atoms with Crippen LogP contribution in [0.2, 0.25) is 0 Å². The van der Waals surface area contributed by atoms with Gasteiger partial charge in [-0.1, -0.05) is 20.8 Å². The van der Waals surface area contributed by atoms with E-state index in [9.17, 15) is 4.79 Å². The van der Waals surface area contributed by atoms with E-state index in [1.807, 2.05) is 6.92 Å². The minimum atomic E-state index is 0.0251. The molecule has 1 amide bonds. The summed E-state index contributed by atoms with van der Waals surface area (Å²) in [7, 11) is 2.07. The molecule has 0 aromatic heterocycles. The average molecular weight is 254 g/mol. The predicted octanol–water partition coefficient (Wildman–Crippen LogP) is 2.61. The number of piperidine rings is 1. The van der Waals surface area contributed by atoms with Gasteiger partial charge in [-0.2, -0.15) is 0 Å². The lowest BCUT2D eigenvalue weighted by Crippen LogP contribution is -2.48. The monoisotopic (exact) mass is 254 g/mol. The number of likely N-dealkylation sites (N-methyl/N-ethyl adjacent to an activating group) is 1. The Morgan fingerprint density at radius 2 is 1.83 bits per heavy atom. The van der Waals surface area contributed by atoms with Gasteiger partial charge in [0.25, 0.3) is 0 Å². The van der Waals surface area contributed by atoms with Crippen LogP contribution in [-0.2, 0) is 4.79 Å². The Balaban J connectivity index is 2.40. The first-order chi connectivity index (χ1) is 8.41. The summed E-state index contributed by atoms with van der Waals surface area (Å²) in [5.41, 5.74) is 0. The van der Waals surface area contributed by atoms with E-state index in [1.165, 1.54) is 0 Å². The van der Waals surface area contributed by atoms with Crippen molar-refractivity contribution in [1.29, 1.82) is 0 Å². The van der Waals surface area contributed by atoms with Gasteiger partial charge < -0.3 is 4.90 Å². The van der Waals surface area contributed by atoms with Gasteiger partial charge in [0.2, 0.25) is 5.91 Å². The maximum absolute atomic E-state index is 12.4. The summed E-state index contributed by atoms with van der Waals surface area (Å²) in [6.07, 6.45) is 3.48. The minimum Gasteiger partial charge on any atom is -0.341 e. The molecule has 0 saturated carbocycles. The van der Waals surface area contributed by atoms with Gasteiger partial charge in [0.1, 0.15) is 0 Å². The Morgan fingerprint density at radius 3 is 2.33 bits per heavy atom. The highest BCUT2D eigenvalue weighted by Crippen LogP contribution is 2.17. The number of carbonyl (C=O) groups is 1. The fraction of sp³-hybridized carbons (Fsp3) is 0.933. The highest BCUT2D eigenvalue weighted by Gasteiger charge is 2.26. The van der Waals surface area contributed by atoms with E-state index < -0.39 is 0 Å². The van der Waals surface area contributed by atoms with E-state index in [-0.39, 0.29) is 6.04 Å². The molecule has 3 nitrogen and oxygen atoms in total. The molecule has 1 rings (SSSR count). The minimum absolute atomic E-state index is 0.0251. The van der Waals surface area contributed by atoms with Gasteiger partial charge in [-0.25, -0.2) is 0 Å². The molecule has 1 aliphatic heterocycles. The molecule has 106 valence electrons. The molecule has 1 unspecified atom stereocenters. The Morgan fingerprint density at radius 1 is 1.28 bits per heavy atom. The molecule has 1 atom stereocenters. The largest absolute Gasteiger partial charge is 0.341 e. The van der Waals surface area contributed by atoms with Gasteiger partial charge in [0, 0.05) is 13.1 Å². The van der Waals surface area contributed by atoms with Crippen molar-refractivity contribution >= 4 is 5.91 Å². The second-order valence-corrected chi connectivity index (χ2v) is 6.35. The molecule has 0 aromatic rings. The molecule has 1 fully saturated rings. The lowest BCUT2D eigenvalue weighted by Gasteiger charge is -2.34. The molecule has 1 heterocycles. The first-order valence-electron chi connectivity index (χ1n) is 7.40. The number of rotatable bonds is 5. The Labute approximate surface area is 113 Å². The summed E-state index contributed by atoms with van der Waals surface area (Å²) < 4.78 is 0. The third-order valence-corrected chi connectivity index (χ3v) is 4.17. The predicted molar refractivity (Wildman–Crippen MR) is 76.5 cm³/mol. The van der Waals surface area contributed by atoms with E-state index in [2.05, 4.69) is 37.6 Å². The van der Waals surface area contributed by atoms with Crippen molar-refractivity contribution in [3.05, 3.63) is 0 Å². The fourth-order valence-electron chi connectivity index (χ4n) is 2.34. The number of hydrogen-bond acceptors (Lipinski definition) is 2. The molecule has 0 spiro atoms. The third kappa shape index (κ3) is 4.60. The third-order valence-electron chi connectivity index (χ3n) is 4.17. The molecule has 18 heavy (non-hydrogen) atoms. The van der Waals surface area contributed by atoms with Crippen LogP contribution in [0.4, 0.5) is 0 Å². The fourth-order valence-corrected chi connectivity index (χ4v) is 2.34. The van der Waals surface area contributed by atoms with Crippen LogP contribution in [0, 0.1) is 11.8 Å². The molecule has 0 aromatic carbocycles. The molecule has 0 bridgehead atoms. The molecule has 1 saturated heterocycles. The van der Waals surface area contributed by atoms with Crippen LogP contribution in [0.25, 0.3) is 0 Å². The number of nitrogens with zero attached hydrogens (tertiary/aromatic N) is 2. The first kappa shape index (κ1) is 15.5. The maximum atomic E-state index is 12.4.